The minimum absolute atomic E-state index is 1.24. The number of nitrogens with zero attached hydrogens (tertiary/aromatic N) is 5. The molecular formula is C2N5-. The fourth-order valence-corrected chi connectivity index (χ4v) is 0. The van der Waals surface area contributed by atoms with Crippen LogP contribution in [0.15, 0.2) is 0 Å². The van der Waals surface area contributed by atoms with Gasteiger partial charge in [0.05, 0.1) is 0 Å². The molecule has 0 heterocycles. The molecule has 0 atom stereocenters. The highest BCUT2D eigenvalue weighted by Gasteiger charge is 1.39. The molecular weight excluding hydrogens is 94.1 g/mol. The summed E-state index contributed by atoms with van der Waals surface area (Å²) in [5, 5.41) is 14.5. The average Bonchev–Trinajstić information content (AvgIpc) is 1.69. The zero-order chi connectivity index (χ0) is 6.12. The van der Waals surface area contributed by atoms with Gasteiger partial charge in [-0.05, 0) is 0 Å². The van der Waals surface area contributed by atoms with Gasteiger partial charge < -0.3 is 11.1 Å². The van der Waals surface area contributed by atoms with E-state index in [0.717, 1.165) is 0 Å². The van der Waals surface area contributed by atoms with Crippen molar-refractivity contribution in [1.82, 2.24) is 0 Å². The summed E-state index contributed by atoms with van der Waals surface area (Å²) in [6.07, 6.45) is 0. The Bertz CT molecular complexity index is 115. The number of nitriles is 2. The van der Waals surface area contributed by atoms with E-state index in [-0.39, 0.29) is 0 Å². The maximum Gasteiger partial charge on any atom is 0.181 e. The summed E-state index contributed by atoms with van der Waals surface area (Å²) in [6.45, 7) is 0. The van der Waals surface area contributed by atoms with Crippen LogP contribution in [0, 0.1) is 22.7 Å². The second-order valence-corrected chi connectivity index (χ2v) is 0.313. The van der Waals surface area contributed by atoms with E-state index in [1.807, 2.05) is 0 Å². The molecule has 0 bridgehead atoms. The summed E-state index contributed by atoms with van der Waals surface area (Å²) in [5.74, 6) is 0. The Morgan fingerprint density at radius 2 is 1.29 bits per heavy atom. The smallest absolute Gasteiger partial charge is 0.181 e. The second kappa shape index (κ2) is 27.9. The van der Waals surface area contributed by atoms with Crippen molar-refractivity contribution in [3.63, 3.8) is 0 Å². The Hall–Kier alpha value is -1.71. The Morgan fingerprint density at radius 1 is 1.14 bits per heavy atom. The van der Waals surface area contributed by atoms with Crippen molar-refractivity contribution in [2.24, 2.45) is 0 Å². The monoisotopic (exact) mass is 94.0 g/mol. The lowest BCUT2D eigenvalue weighted by atomic mass is 10.9. The van der Waals surface area contributed by atoms with Gasteiger partial charge in [0.25, 0.3) is 0 Å². The first kappa shape index (κ1) is 8.99. The van der Waals surface area contributed by atoms with Gasteiger partial charge in [0, 0.05) is 0 Å². The van der Waals surface area contributed by atoms with Crippen LogP contribution in [0.5, 0.6) is 0 Å². The van der Waals surface area contributed by atoms with Gasteiger partial charge >= 0.3 is 0 Å². The fourth-order valence-electron chi connectivity index (χ4n) is 0. The molecule has 5 nitrogen and oxygen atoms in total. The molecule has 0 amide bonds. The van der Waals surface area contributed by atoms with E-state index in [4.69, 9.17) is 21.6 Å². The van der Waals surface area contributed by atoms with Crippen molar-refractivity contribution < 1.29 is 0 Å². The Balaban J connectivity index is 0. The molecule has 0 aromatic rings. The lowest BCUT2D eigenvalue weighted by Crippen LogP contribution is -1.26. The topological polar surface area (TPSA) is 106 Å². The van der Waals surface area contributed by atoms with Crippen LogP contribution >= 0.6 is 0 Å². The molecule has 0 aliphatic rings. The largest absolute Gasteiger partial charge is 0.373 e. The first-order valence-corrected chi connectivity index (χ1v) is 1.10. The van der Waals surface area contributed by atoms with Gasteiger partial charge in [-0.15, -0.1) is 0 Å². The maximum absolute atomic E-state index is 7.26. The minimum Gasteiger partial charge on any atom is -0.373 e. The Labute approximate surface area is 39.8 Å². The maximum atomic E-state index is 7.26. The third-order valence-corrected chi connectivity index (χ3v) is 0.0500. The van der Waals surface area contributed by atoms with Gasteiger partial charge in [0.2, 0.25) is 0 Å². The summed E-state index contributed by atoms with van der Waals surface area (Å²) in [4.78, 5) is 1.50. The van der Waals surface area contributed by atoms with Crippen molar-refractivity contribution >= 4 is 0 Å². The van der Waals surface area contributed by atoms with E-state index < -0.39 is 0 Å². The van der Waals surface area contributed by atoms with E-state index in [1.165, 1.54) is 17.1 Å². The zero-order valence-corrected chi connectivity index (χ0v) is 3.24. The molecule has 0 radical (unpaired) electrons. The quantitative estimate of drug-likeness (QED) is 0.252. The van der Waals surface area contributed by atoms with Crippen LogP contribution in [0.25, 0.3) is 16.0 Å². The molecule has 0 aromatic heterocycles. The van der Waals surface area contributed by atoms with Crippen molar-refractivity contribution in [2.45, 2.75) is 0 Å². The van der Waals surface area contributed by atoms with Crippen molar-refractivity contribution in [1.29, 1.82) is 10.5 Å². The van der Waals surface area contributed by atoms with E-state index in [2.05, 4.69) is 0 Å². The van der Waals surface area contributed by atoms with Gasteiger partial charge in [-0.25, -0.2) is 0 Å². The lowest BCUT2D eigenvalue weighted by Gasteiger charge is -1.31. The lowest BCUT2D eigenvalue weighted by molar-refractivity contribution is 1.49. The van der Waals surface area contributed by atoms with Crippen molar-refractivity contribution in [2.75, 3.05) is 0 Å². The molecule has 0 spiro atoms. The zero-order valence-electron chi connectivity index (χ0n) is 3.24. The number of hydrogen-bond acceptors (Lipinski definition) is 2. The molecule has 0 unspecified atom stereocenters. The van der Waals surface area contributed by atoms with Crippen LogP contribution in [0.4, 0.5) is 0 Å². The van der Waals surface area contributed by atoms with Crippen LogP contribution < -0.4 is 0 Å². The van der Waals surface area contributed by atoms with Crippen LogP contribution in [0.2, 0.25) is 0 Å². The molecule has 34 valence electrons. The third-order valence-electron chi connectivity index (χ3n) is 0.0500. The van der Waals surface area contributed by atoms with Gasteiger partial charge in [-0.2, -0.15) is 10.5 Å². The van der Waals surface area contributed by atoms with Crippen molar-refractivity contribution in [3.8, 4) is 12.1 Å². The highest BCUT2D eigenvalue weighted by molar-refractivity contribution is 4.99. The summed E-state index contributed by atoms with van der Waals surface area (Å²) in [6, 6.07) is 2.47. The van der Waals surface area contributed by atoms with Gasteiger partial charge in [-0.3, -0.25) is 4.91 Å². The normalized spacial score (nSPS) is 2.57. The van der Waals surface area contributed by atoms with Crippen LogP contribution in [0.1, 0.15) is 0 Å². The number of rotatable bonds is 0. The Morgan fingerprint density at radius 3 is 1.29 bits per heavy atom. The predicted octanol–water partition coefficient (Wildman–Crippen LogP) is 0.900. The molecule has 0 aliphatic carbocycles. The van der Waals surface area contributed by atoms with Crippen LogP contribution in [-0.4, -0.2) is 0 Å². The first-order valence-electron chi connectivity index (χ1n) is 1.10. The highest BCUT2D eigenvalue weighted by Crippen LogP contribution is 1.29. The van der Waals surface area contributed by atoms with Gasteiger partial charge in [0.15, 0.2) is 12.1 Å². The average molecular weight is 94.1 g/mol. The van der Waals surface area contributed by atoms with E-state index >= 15 is 0 Å². The standard InChI is InChI=1S/C2N2.N3/c3-1-2-4;1-3-2/q;-1. The molecule has 0 aliphatic heterocycles. The van der Waals surface area contributed by atoms with Gasteiger partial charge in [0.1, 0.15) is 0 Å². The Kier molecular flexibility index (Phi) is 35.9. The third kappa shape index (κ3) is 44.6. The summed E-state index contributed by atoms with van der Waals surface area (Å²) < 4.78 is 0. The summed E-state index contributed by atoms with van der Waals surface area (Å²) >= 11 is 0. The molecule has 0 N–H and O–H groups in total. The van der Waals surface area contributed by atoms with E-state index in [9.17, 15) is 0 Å². The van der Waals surface area contributed by atoms with Crippen LogP contribution in [0.3, 0.4) is 0 Å². The molecule has 0 saturated heterocycles. The SMILES string of the molecule is N#CC#N.[N-]=[N+]=[N-]. The van der Waals surface area contributed by atoms with E-state index in [1.54, 1.807) is 0 Å². The minimum atomic E-state index is 1.24. The molecule has 5 heteroatoms. The predicted molar refractivity (Wildman–Crippen MR) is 21.3 cm³/mol. The highest BCUT2D eigenvalue weighted by atomic mass is 15.0. The second-order valence-electron chi connectivity index (χ2n) is 0.313. The van der Waals surface area contributed by atoms with Crippen LogP contribution in [-0.2, 0) is 0 Å². The molecule has 0 aromatic carbocycles. The molecule has 0 saturated carbocycles. The molecule has 7 heavy (non-hydrogen) atoms. The number of hydrogen-bond donors (Lipinski definition) is 0. The molecule has 0 rings (SSSR count). The summed E-state index contributed by atoms with van der Waals surface area (Å²) in [5.41, 5.74) is 13.5. The first-order chi connectivity index (χ1) is 3.33. The van der Waals surface area contributed by atoms with Gasteiger partial charge in [-0.1, -0.05) is 0 Å². The van der Waals surface area contributed by atoms with Crippen molar-refractivity contribution in [3.05, 3.63) is 16.0 Å². The molecule has 0 fully saturated rings. The fraction of sp³-hybridized carbons (Fsp3) is 0. The van der Waals surface area contributed by atoms with E-state index in [0.29, 0.717) is 0 Å². The summed E-state index contributed by atoms with van der Waals surface area (Å²) in [7, 11) is 0.